The highest BCUT2D eigenvalue weighted by Gasteiger charge is 2.17. The Morgan fingerprint density at radius 2 is 2.50 bits per heavy atom. The van der Waals surface area contributed by atoms with Crippen LogP contribution in [0.15, 0.2) is 6.07 Å². The first-order valence-electron chi connectivity index (χ1n) is 3.68. The fourth-order valence-electron chi connectivity index (χ4n) is 1.28. The van der Waals surface area contributed by atoms with E-state index in [1.807, 2.05) is 0 Å². The molecule has 0 radical (unpaired) electrons. The Kier molecular flexibility index (Phi) is 1.62. The van der Waals surface area contributed by atoms with Crippen LogP contribution in [0, 0.1) is 0 Å². The number of esters is 1. The highest BCUT2D eigenvalue weighted by atomic mass is 16.5. The van der Waals surface area contributed by atoms with Gasteiger partial charge in [0.25, 0.3) is 0 Å². The molecule has 12 heavy (non-hydrogen) atoms. The van der Waals surface area contributed by atoms with Crippen molar-refractivity contribution in [2.75, 3.05) is 7.11 Å². The van der Waals surface area contributed by atoms with E-state index in [1.54, 1.807) is 6.07 Å². The number of ether oxygens (including phenoxy) is 2. The van der Waals surface area contributed by atoms with Crippen molar-refractivity contribution in [3.05, 3.63) is 23.0 Å². The van der Waals surface area contributed by atoms with Crippen LogP contribution in [0.1, 0.15) is 21.7 Å². The Hall–Kier alpha value is -1.29. The molecule has 0 saturated heterocycles. The largest absolute Gasteiger partial charge is 0.464 e. The molecule has 0 aliphatic carbocycles. The Balaban J connectivity index is 2.31. The normalized spacial score (nSPS) is 14.4. The topological polar surface area (TPSA) is 51.3 Å². The lowest BCUT2D eigenvalue weighted by atomic mass is 10.3. The fourth-order valence-corrected chi connectivity index (χ4v) is 1.28. The first-order chi connectivity index (χ1) is 5.81. The van der Waals surface area contributed by atoms with E-state index in [4.69, 9.17) is 4.74 Å². The lowest BCUT2D eigenvalue weighted by Gasteiger charge is -1.94. The van der Waals surface area contributed by atoms with E-state index < -0.39 is 0 Å². The zero-order chi connectivity index (χ0) is 8.55. The van der Waals surface area contributed by atoms with Crippen LogP contribution in [0.2, 0.25) is 0 Å². The predicted octanol–water partition coefficient (Wildman–Crippen LogP) is 0.831. The minimum absolute atomic E-state index is 0.329. The third-order valence-corrected chi connectivity index (χ3v) is 1.90. The molecule has 2 heterocycles. The van der Waals surface area contributed by atoms with Crippen molar-refractivity contribution in [3.63, 3.8) is 0 Å². The average molecular weight is 167 g/mol. The molecular weight excluding hydrogens is 158 g/mol. The van der Waals surface area contributed by atoms with Crippen molar-refractivity contribution in [2.45, 2.75) is 13.2 Å². The third kappa shape index (κ3) is 1.00. The summed E-state index contributed by atoms with van der Waals surface area (Å²) in [6.07, 6.45) is 0. The molecule has 4 nitrogen and oxygen atoms in total. The van der Waals surface area contributed by atoms with Crippen LogP contribution in [-0.2, 0) is 22.7 Å². The summed E-state index contributed by atoms with van der Waals surface area (Å²) in [5, 5.41) is 0. The number of H-pyrrole nitrogens is 1. The van der Waals surface area contributed by atoms with Gasteiger partial charge in [0.2, 0.25) is 0 Å². The number of aromatic nitrogens is 1. The Morgan fingerprint density at radius 3 is 3.17 bits per heavy atom. The summed E-state index contributed by atoms with van der Waals surface area (Å²) in [5.74, 6) is -0.329. The van der Waals surface area contributed by atoms with E-state index in [0.717, 1.165) is 11.3 Å². The smallest absolute Gasteiger partial charge is 0.354 e. The van der Waals surface area contributed by atoms with Crippen molar-refractivity contribution in [1.29, 1.82) is 0 Å². The second kappa shape index (κ2) is 2.64. The Bertz CT molecular complexity index is 295. The van der Waals surface area contributed by atoms with Gasteiger partial charge in [0.15, 0.2) is 0 Å². The lowest BCUT2D eigenvalue weighted by molar-refractivity contribution is 0.0593. The molecule has 0 aromatic carbocycles. The van der Waals surface area contributed by atoms with Gasteiger partial charge >= 0.3 is 5.97 Å². The SMILES string of the molecule is COC(=O)c1cc2c([nH]1)COC2. The summed E-state index contributed by atoms with van der Waals surface area (Å²) >= 11 is 0. The number of aromatic amines is 1. The minimum Gasteiger partial charge on any atom is -0.464 e. The number of hydrogen-bond donors (Lipinski definition) is 1. The molecule has 0 amide bonds. The van der Waals surface area contributed by atoms with Gasteiger partial charge < -0.3 is 14.5 Å². The number of methoxy groups -OCH3 is 1. The van der Waals surface area contributed by atoms with Crippen LogP contribution in [0.3, 0.4) is 0 Å². The maximum absolute atomic E-state index is 11.0. The molecular formula is C8H9NO3. The van der Waals surface area contributed by atoms with Gasteiger partial charge in [-0.05, 0) is 6.07 Å². The van der Waals surface area contributed by atoms with E-state index in [2.05, 4.69) is 9.72 Å². The summed E-state index contributed by atoms with van der Waals surface area (Å²) in [6, 6.07) is 1.77. The highest BCUT2D eigenvalue weighted by Crippen LogP contribution is 2.20. The number of carbonyl (C=O) groups is 1. The van der Waals surface area contributed by atoms with E-state index >= 15 is 0 Å². The van der Waals surface area contributed by atoms with Crippen molar-refractivity contribution in [3.8, 4) is 0 Å². The zero-order valence-corrected chi connectivity index (χ0v) is 6.72. The lowest BCUT2D eigenvalue weighted by Crippen LogP contribution is -2.01. The maximum atomic E-state index is 11.0. The summed E-state index contributed by atoms with van der Waals surface area (Å²) < 4.78 is 9.70. The summed E-state index contributed by atoms with van der Waals surface area (Å²) in [7, 11) is 1.37. The molecule has 0 bridgehead atoms. The molecule has 64 valence electrons. The van der Waals surface area contributed by atoms with Crippen LogP contribution in [0.25, 0.3) is 0 Å². The molecule has 4 heteroatoms. The van der Waals surface area contributed by atoms with Crippen LogP contribution < -0.4 is 0 Å². The first kappa shape index (κ1) is 7.36. The van der Waals surface area contributed by atoms with Gasteiger partial charge in [-0.25, -0.2) is 4.79 Å². The van der Waals surface area contributed by atoms with Gasteiger partial charge in [0, 0.05) is 11.3 Å². The molecule has 1 aromatic rings. The highest BCUT2D eigenvalue weighted by molar-refractivity contribution is 5.87. The molecule has 1 aliphatic rings. The maximum Gasteiger partial charge on any atom is 0.354 e. The first-order valence-corrected chi connectivity index (χ1v) is 3.68. The number of nitrogens with one attached hydrogen (secondary N) is 1. The number of hydrogen-bond acceptors (Lipinski definition) is 3. The molecule has 0 saturated carbocycles. The molecule has 1 N–H and O–H groups in total. The van der Waals surface area contributed by atoms with Crippen molar-refractivity contribution in [2.24, 2.45) is 0 Å². The summed E-state index contributed by atoms with van der Waals surface area (Å²) in [4.78, 5) is 14.0. The van der Waals surface area contributed by atoms with Gasteiger partial charge in [0.05, 0.1) is 20.3 Å². The van der Waals surface area contributed by atoms with Crippen LogP contribution in [0.5, 0.6) is 0 Å². The number of fused-ring (bicyclic) bond motifs is 1. The van der Waals surface area contributed by atoms with E-state index in [-0.39, 0.29) is 5.97 Å². The molecule has 1 aliphatic heterocycles. The Labute approximate surface area is 69.5 Å². The number of rotatable bonds is 1. The minimum atomic E-state index is -0.329. The standard InChI is InChI=1S/C8H9NO3/c1-11-8(10)6-2-5-3-12-4-7(5)9-6/h2,9H,3-4H2,1H3. The molecule has 0 atom stereocenters. The van der Waals surface area contributed by atoms with Gasteiger partial charge in [-0.2, -0.15) is 0 Å². The molecule has 0 spiro atoms. The van der Waals surface area contributed by atoms with Crippen LogP contribution in [-0.4, -0.2) is 18.1 Å². The molecule has 2 rings (SSSR count). The zero-order valence-electron chi connectivity index (χ0n) is 6.72. The predicted molar refractivity (Wildman–Crippen MR) is 40.6 cm³/mol. The van der Waals surface area contributed by atoms with Gasteiger partial charge in [-0.1, -0.05) is 0 Å². The van der Waals surface area contributed by atoms with Crippen molar-refractivity contribution >= 4 is 5.97 Å². The van der Waals surface area contributed by atoms with Crippen LogP contribution >= 0.6 is 0 Å². The van der Waals surface area contributed by atoms with Crippen molar-refractivity contribution < 1.29 is 14.3 Å². The molecule has 0 fully saturated rings. The Morgan fingerprint density at radius 1 is 1.67 bits per heavy atom. The average Bonchev–Trinajstić information content (AvgIpc) is 2.60. The fraction of sp³-hybridized carbons (Fsp3) is 0.375. The van der Waals surface area contributed by atoms with E-state index in [9.17, 15) is 4.79 Å². The van der Waals surface area contributed by atoms with Gasteiger partial charge in [0.1, 0.15) is 5.69 Å². The van der Waals surface area contributed by atoms with Crippen LogP contribution in [0.4, 0.5) is 0 Å². The summed E-state index contributed by atoms with van der Waals surface area (Å²) in [5.41, 5.74) is 2.54. The molecule has 0 unspecified atom stereocenters. The van der Waals surface area contributed by atoms with Crippen molar-refractivity contribution in [1.82, 2.24) is 4.98 Å². The molecule has 1 aromatic heterocycles. The quantitative estimate of drug-likeness (QED) is 0.630. The summed E-state index contributed by atoms with van der Waals surface area (Å²) in [6.45, 7) is 1.15. The monoisotopic (exact) mass is 167 g/mol. The van der Waals surface area contributed by atoms with E-state index in [1.165, 1.54) is 7.11 Å². The van der Waals surface area contributed by atoms with Gasteiger partial charge in [-0.3, -0.25) is 0 Å². The number of carbonyl (C=O) groups excluding carboxylic acids is 1. The second-order valence-electron chi connectivity index (χ2n) is 2.67. The second-order valence-corrected chi connectivity index (χ2v) is 2.67. The third-order valence-electron chi connectivity index (χ3n) is 1.90. The van der Waals surface area contributed by atoms with Gasteiger partial charge in [-0.15, -0.1) is 0 Å². The van der Waals surface area contributed by atoms with E-state index in [0.29, 0.717) is 18.9 Å².